The maximum Gasteiger partial charge on any atom is 0.275 e. The van der Waals surface area contributed by atoms with Crippen molar-refractivity contribution >= 4 is 21.8 Å². The van der Waals surface area contributed by atoms with Crippen LogP contribution in [0.5, 0.6) is 0 Å². The van der Waals surface area contributed by atoms with Gasteiger partial charge in [0, 0.05) is 33.0 Å². The van der Waals surface area contributed by atoms with Crippen molar-refractivity contribution in [1.29, 1.82) is 0 Å². The van der Waals surface area contributed by atoms with E-state index in [9.17, 15) is 8.42 Å². The predicted molar refractivity (Wildman–Crippen MR) is 80.3 cm³/mol. The van der Waals surface area contributed by atoms with Gasteiger partial charge in [-0.1, -0.05) is 0 Å². The molecule has 0 atom stereocenters. The lowest BCUT2D eigenvalue weighted by Gasteiger charge is -2.07. The van der Waals surface area contributed by atoms with Gasteiger partial charge in [-0.25, -0.2) is 12.7 Å². The summed E-state index contributed by atoms with van der Waals surface area (Å²) in [5, 5.41) is 11.8. The molecule has 6 nitrogen and oxygen atoms in total. The zero-order chi connectivity index (χ0) is 15.0. The molecule has 0 fully saturated rings. The number of aliphatic hydroxyl groups is 1. The average Bonchev–Trinajstić information content (AvgIpc) is 2.87. The molecule has 0 unspecified atom stereocenters. The molecule has 0 amide bonds. The van der Waals surface area contributed by atoms with E-state index in [-0.39, 0.29) is 11.7 Å². The highest BCUT2D eigenvalue weighted by molar-refractivity contribution is 7.99. The molecule has 0 bridgehead atoms. The van der Waals surface area contributed by atoms with E-state index in [1.54, 1.807) is 17.8 Å². The fourth-order valence-corrected chi connectivity index (χ4v) is 3.03. The summed E-state index contributed by atoms with van der Waals surface area (Å²) in [6.07, 6.45) is 0.814. The number of nitrogens with zero attached hydrogens (tertiary/aromatic N) is 1. The zero-order valence-electron chi connectivity index (χ0n) is 11.8. The molecule has 0 aliphatic carbocycles. The number of aliphatic hydroxyl groups excluding tert-OH is 1. The van der Waals surface area contributed by atoms with Gasteiger partial charge in [0.15, 0.2) is 0 Å². The normalized spacial score (nSPS) is 12.2. The third kappa shape index (κ3) is 5.45. The summed E-state index contributed by atoms with van der Waals surface area (Å²) in [6, 6.07) is 3.14. The summed E-state index contributed by atoms with van der Waals surface area (Å²) in [5.74, 6) is 2.50. The van der Waals surface area contributed by atoms with Crippen molar-refractivity contribution in [3.63, 3.8) is 0 Å². The Hall–Kier alpha value is -0.540. The van der Waals surface area contributed by atoms with Crippen LogP contribution in [0.1, 0.15) is 12.2 Å². The summed E-state index contributed by atoms with van der Waals surface area (Å²) in [5.41, 5.74) is 0. The van der Waals surface area contributed by atoms with Crippen LogP contribution in [0.2, 0.25) is 0 Å². The molecule has 20 heavy (non-hydrogen) atoms. The minimum atomic E-state index is -3.49. The maximum absolute atomic E-state index is 11.8. The molecule has 1 aromatic rings. The van der Waals surface area contributed by atoms with Crippen molar-refractivity contribution in [2.24, 2.45) is 0 Å². The third-order valence-electron chi connectivity index (χ3n) is 2.54. The van der Waals surface area contributed by atoms with Gasteiger partial charge in [-0.3, -0.25) is 0 Å². The highest BCUT2D eigenvalue weighted by atomic mass is 32.2. The number of rotatable bonds is 10. The fourth-order valence-electron chi connectivity index (χ4n) is 1.40. The molecule has 0 aliphatic heterocycles. The minimum absolute atomic E-state index is 0.0309. The average molecular weight is 322 g/mol. The molecule has 0 saturated carbocycles. The summed E-state index contributed by atoms with van der Waals surface area (Å²) in [7, 11) is -0.547. The Balaban J connectivity index is 2.31. The summed E-state index contributed by atoms with van der Waals surface area (Å²) < 4.78 is 30.1. The summed E-state index contributed by atoms with van der Waals surface area (Å²) in [6.45, 7) is 1.55. The van der Waals surface area contributed by atoms with Gasteiger partial charge < -0.3 is 14.8 Å². The molecular formula is C12H22N2O4S2. The Morgan fingerprint density at radius 2 is 2.10 bits per heavy atom. The van der Waals surface area contributed by atoms with Gasteiger partial charge >= 0.3 is 0 Å². The minimum Gasteiger partial charge on any atom is -0.447 e. The van der Waals surface area contributed by atoms with E-state index >= 15 is 0 Å². The highest BCUT2D eigenvalue weighted by Crippen LogP contribution is 2.16. The second-order valence-electron chi connectivity index (χ2n) is 4.37. The van der Waals surface area contributed by atoms with Crippen LogP contribution in [-0.2, 0) is 16.6 Å². The lowest BCUT2D eigenvalue weighted by Crippen LogP contribution is -2.21. The fraction of sp³-hybridized carbons (Fsp3) is 0.667. The first kappa shape index (κ1) is 17.5. The van der Waals surface area contributed by atoms with E-state index in [4.69, 9.17) is 9.52 Å². The van der Waals surface area contributed by atoms with Crippen LogP contribution in [0.4, 0.5) is 0 Å². The van der Waals surface area contributed by atoms with E-state index in [2.05, 4.69) is 5.32 Å². The Bertz CT molecular complexity index is 485. The summed E-state index contributed by atoms with van der Waals surface area (Å²) in [4.78, 5) is 0. The first-order valence-corrected chi connectivity index (χ1v) is 8.98. The standard InChI is InChI=1S/C12H22N2O4S2/c1-14(2)20(16,17)12-5-4-11(18-12)10-13-6-9-19-8-3-7-15/h4-5,13,15H,3,6-10H2,1-2H3. The van der Waals surface area contributed by atoms with Crippen molar-refractivity contribution < 1.29 is 17.9 Å². The van der Waals surface area contributed by atoms with Gasteiger partial charge in [0.1, 0.15) is 5.76 Å². The Morgan fingerprint density at radius 1 is 1.35 bits per heavy atom. The van der Waals surface area contributed by atoms with Crippen LogP contribution in [0.25, 0.3) is 0 Å². The van der Waals surface area contributed by atoms with Gasteiger partial charge in [0.25, 0.3) is 10.0 Å². The van der Waals surface area contributed by atoms with Gasteiger partial charge in [0.2, 0.25) is 5.09 Å². The largest absolute Gasteiger partial charge is 0.447 e. The number of furan rings is 1. The lowest BCUT2D eigenvalue weighted by molar-refractivity contribution is 0.296. The van der Waals surface area contributed by atoms with Crippen molar-refractivity contribution in [2.75, 3.05) is 38.8 Å². The monoisotopic (exact) mass is 322 g/mol. The predicted octanol–water partition coefficient (Wildman–Crippen LogP) is 0.735. The maximum atomic E-state index is 11.8. The van der Waals surface area contributed by atoms with E-state index in [0.29, 0.717) is 12.3 Å². The number of nitrogens with one attached hydrogen (secondary N) is 1. The molecule has 0 saturated heterocycles. The smallest absolute Gasteiger partial charge is 0.275 e. The number of hydrogen-bond donors (Lipinski definition) is 2. The van der Waals surface area contributed by atoms with Crippen LogP contribution in [0.3, 0.4) is 0 Å². The lowest BCUT2D eigenvalue weighted by atomic mass is 10.4. The first-order chi connectivity index (χ1) is 9.48. The quantitative estimate of drug-likeness (QED) is 0.618. The molecule has 1 aromatic heterocycles. The SMILES string of the molecule is CN(C)S(=O)(=O)c1ccc(CNCCSCCCO)o1. The van der Waals surface area contributed by atoms with E-state index in [0.717, 1.165) is 28.8 Å². The van der Waals surface area contributed by atoms with Crippen LogP contribution in [0.15, 0.2) is 21.6 Å². The van der Waals surface area contributed by atoms with E-state index < -0.39 is 10.0 Å². The molecule has 8 heteroatoms. The van der Waals surface area contributed by atoms with E-state index in [1.807, 2.05) is 0 Å². The molecule has 0 aliphatic rings. The van der Waals surface area contributed by atoms with Crippen molar-refractivity contribution in [2.45, 2.75) is 18.1 Å². The molecule has 0 spiro atoms. The van der Waals surface area contributed by atoms with Crippen molar-refractivity contribution in [1.82, 2.24) is 9.62 Å². The van der Waals surface area contributed by atoms with Gasteiger partial charge in [-0.2, -0.15) is 11.8 Å². The highest BCUT2D eigenvalue weighted by Gasteiger charge is 2.21. The topological polar surface area (TPSA) is 82.8 Å². The van der Waals surface area contributed by atoms with Crippen LogP contribution >= 0.6 is 11.8 Å². The van der Waals surface area contributed by atoms with Gasteiger partial charge in [-0.15, -0.1) is 0 Å². The summed E-state index contributed by atoms with van der Waals surface area (Å²) >= 11 is 1.77. The second kappa shape index (κ2) is 8.68. The first-order valence-electron chi connectivity index (χ1n) is 6.39. The second-order valence-corrected chi connectivity index (χ2v) is 7.68. The molecular weight excluding hydrogens is 300 g/mol. The van der Waals surface area contributed by atoms with Crippen LogP contribution in [0, 0.1) is 0 Å². The van der Waals surface area contributed by atoms with Crippen molar-refractivity contribution in [3.8, 4) is 0 Å². The number of hydrogen-bond acceptors (Lipinski definition) is 6. The van der Waals surface area contributed by atoms with Gasteiger partial charge in [0.05, 0.1) is 6.54 Å². The number of sulfonamides is 1. The van der Waals surface area contributed by atoms with Crippen LogP contribution in [-0.4, -0.2) is 56.6 Å². The third-order valence-corrected chi connectivity index (χ3v) is 5.30. The number of thioether (sulfide) groups is 1. The molecule has 116 valence electrons. The molecule has 1 rings (SSSR count). The van der Waals surface area contributed by atoms with E-state index in [1.165, 1.54) is 20.2 Å². The molecule has 2 N–H and O–H groups in total. The van der Waals surface area contributed by atoms with Crippen molar-refractivity contribution in [3.05, 3.63) is 17.9 Å². The van der Waals surface area contributed by atoms with Crippen LogP contribution < -0.4 is 5.32 Å². The molecule has 1 heterocycles. The molecule has 0 aromatic carbocycles. The Kier molecular flexibility index (Phi) is 7.60. The van der Waals surface area contributed by atoms with Gasteiger partial charge in [-0.05, 0) is 24.3 Å². The molecule has 0 radical (unpaired) electrons. The Morgan fingerprint density at radius 3 is 2.75 bits per heavy atom. The zero-order valence-corrected chi connectivity index (χ0v) is 13.5. The Labute approximate surface area is 124 Å².